The molecule has 0 aliphatic carbocycles. The first-order valence-corrected chi connectivity index (χ1v) is 4.58. The Morgan fingerprint density at radius 3 is 2.62 bits per heavy atom. The Morgan fingerprint density at radius 2 is 2.15 bits per heavy atom. The van der Waals surface area contributed by atoms with E-state index in [1.54, 1.807) is 0 Å². The lowest BCUT2D eigenvalue weighted by Gasteiger charge is -2.05. The highest BCUT2D eigenvalue weighted by Gasteiger charge is 2.16. The van der Waals surface area contributed by atoms with Crippen LogP contribution >= 0.6 is 27.5 Å². The van der Waals surface area contributed by atoms with Crippen molar-refractivity contribution in [3.8, 4) is 0 Å². The molecule has 13 heavy (non-hydrogen) atoms. The first kappa shape index (κ1) is 10.8. The van der Waals surface area contributed by atoms with Crippen LogP contribution in [0.15, 0.2) is 10.5 Å². The third kappa shape index (κ3) is 2.34. The van der Waals surface area contributed by atoms with Crippen molar-refractivity contribution in [2.75, 3.05) is 0 Å². The van der Waals surface area contributed by atoms with E-state index in [-0.39, 0.29) is 16.0 Å². The van der Waals surface area contributed by atoms with Crippen molar-refractivity contribution in [3.05, 3.63) is 27.7 Å². The first-order chi connectivity index (χ1) is 6.06. The second-order valence-corrected chi connectivity index (χ2v) is 3.34. The second kappa shape index (κ2) is 4.28. The van der Waals surface area contributed by atoms with Gasteiger partial charge in [0.15, 0.2) is 0 Å². The van der Waals surface area contributed by atoms with Gasteiger partial charge < -0.3 is 0 Å². The van der Waals surface area contributed by atoms with E-state index in [1.165, 1.54) is 0 Å². The Kier molecular flexibility index (Phi) is 3.55. The quantitative estimate of drug-likeness (QED) is 0.750. The third-order valence-corrected chi connectivity index (χ3v) is 2.25. The van der Waals surface area contributed by atoms with Crippen LogP contribution in [-0.4, -0.2) is 4.98 Å². The molecule has 0 fully saturated rings. The largest absolute Gasteiger partial charge is 0.281 e. The zero-order chi connectivity index (χ0) is 10.0. The van der Waals surface area contributed by atoms with Gasteiger partial charge in [0.05, 0.1) is 11.6 Å². The highest BCUT2D eigenvalue weighted by molar-refractivity contribution is 9.10. The molecule has 0 spiro atoms. The smallest absolute Gasteiger partial charge is 0.246 e. The summed E-state index contributed by atoms with van der Waals surface area (Å²) in [6.45, 7) is 0. The molecular formula is C7H4BrClF3N. The summed E-state index contributed by atoms with van der Waals surface area (Å²) in [6.07, 6.45) is -2.74. The van der Waals surface area contributed by atoms with Gasteiger partial charge in [-0.1, -0.05) is 0 Å². The van der Waals surface area contributed by atoms with Gasteiger partial charge in [-0.3, -0.25) is 0 Å². The predicted molar refractivity (Wildman–Crippen MR) is 46.4 cm³/mol. The van der Waals surface area contributed by atoms with Crippen molar-refractivity contribution >= 4 is 27.5 Å². The van der Waals surface area contributed by atoms with Gasteiger partial charge in [-0.05, 0) is 22.0 Å². The molecule has 1 heterocycles. The van der Waals surface area contributed by atoms with Crippen LogP contribution in [-0.2, 0) is 5.88 Å². The van der Waals surface area contributed by atoms with Crippen molar-refractivity contribution in [1.29, 1.82) is 0 Å². The molecule has 0 aliphatic heterocycles. The third-order valence-electron chi connectivity index (χ3n) is 1.36. The fourth-order valence-corrected chi connectivity index (χ4v) is 1.42. The van der Waals surface area contributed by atoms with Gasteiger partial charge in [0.25, 0.3) is 6.43 Å². The van der Waals surface area contributed by atoms with E-state index in [0.29, 0.717) is 0 Å². The molecule has 0 unspecified atom stereocenters. The van der Waals surface area contributed by atoms with Crippen LogP contribution in [0.4, 0.5) is 13.2 Å². The molecule has 0 saturated heterocycles. The Balaban J connectivity index is 3.22. The number of halogens is 5. The summed E-state index contributed by atoms with van der Waals surface area (Å²) < 4.78 is 37.3. The monoisotopic (exact) mass is 273 g/mol. The summed E-state index contributed by atoms with van der Waals surface area (Å²) in [7, 11) is 0. The molecule has 0 amide bonds. The number of nitrogens with zero attached hydrogens (tertiary/aromatic N) is 1. The molecule has 0 atom stereocenters. The van der Waals surface area contributed by atoms with Gasteiger partial charge in [-0.2, -0.15) is 0 Å². The zero-order valence-corrected chi connectivity index (χ0v) is 8.54. The van der Waals surface area contributed by atoms with Crippen molar-refractivity contribution < 1.29 is 13.2 Å². The number of pyridine rings is 1. The van der Waals surface area contributed by atoms with E-state index in [9.17, 15) is 13.2 Å². The standard InChI is InChI=1S/C7H4BrClF3N/c8-3-1-4(10)5(2-9)13-6(3)7(11)12/h1,7H,2H2. The molecule has 0 N–H and O–H groups in total. The van der Waals surface area contributed by atoms with E-state index in [1.807, 2.05) is 0 Å². The van der Waals surface area contributed by atoms with Crippen LogP contribution in [0.5, 0.6) is 0 Å². The maximum atomic E-state index is 12.9. The summed E-state index contributed by atoms with van der Waals surface area (Å²) in [5, 5.41) is 0. The van der Waals surface area contributed by atoms with Crippen molar-refractivity contribution in [2.24, 2.45) is 0 Å². The first-order valence-electron chi connectivity index (χ1n) is 3.25. The average Bonchev–Trinajstić information content (AvgIpc) is 2.03. The summed E-state index contributed by atoms with van der Waals surface area (Å²) in [5.74, 6) is -0.912. The van der Waals surface area contributed by atoms with Crippen LogP contribution < -0.4 is 0 Å². The van der Waals surface area contributed by atoms with E-state index in [2.05, 4.69) is 20.9 Å². The maximum absolute atomic E-state index is 12.9. The summed E-state index contributed by atoms with van der Waals surface area (Å²) in [5.41, 5.74) is -0.655. The molecule has 72 valence electrons. The summed E-state index contributed by atoms with van der Waals surface area (Å²) in [6, 6.07) is 0.937. The molecule has 1 aromatic rings. The predicted octanol–water partition coefficient (Wildman–Crippen LogP) is 3.66. The molecule has 0 saturated carbocycles. The minimum atomic E-state index is -2.74. The Bertz CT molecular complexity index is 319. The number of hydrogen-bond donors (Lipinski definition) is 0. The zero-order valence-electron chi connectivity index (χ0n) is 6.20. The Morgan fingerprint density at radius 1 is 1.54 bits per heavy atom. The molecule has 0 aromatic carbocycles. The molecule has 6 heteroatoms. The van der Waals surface area contributed by atoms with Gasteiger partial charge in [-0.15, -0.1) is 11.6 Å². The van der Waals surface area contributed by atoms with Gasteiger partial charge in [0, 0.05) is 4.47 Å². The highest BCUT2D eigenvalue weighted by atomic mass is 79.9. The van der Waals surface area contributed by atoms with Gasteiger partial charge in [0.2, 0.25) is 0 Å². The number of alkyl halides is 3. The van der Waals surface area contributed by atoms with Gasteiger partial charge >= 0.3 is 0 Å². The van der Waals surface area contributed by atoms with Crippen molar-refractivity contribution in [2.45, 2.75) is 12.3 Å². The number of rotatable bonds is 2. The summed E-state index contributed by atoms with van der Waals surface area (Å²) in [4.78, 5) is 3.39. The second-order valence-electron chi connectivity index (χ2n) is 2.22. The SMILES string of the molecule is Fc1cc(Br)c(C(F)F)nc1CCl. The van der Waals surface area contributed by atoms with Crippen LogP contribution in [0.1, 0.15) is 17.8 Å². The molecule has 0 aliphatic rings. The fourth-order valence-electron chi connectivity index (χ4n) is 0.767. The Hall–Kier alpha value is -0.290. The van der Waals surface area contributed by atoms with Gasteiger partial charge in [0.1, 0.15) is 11.5 Å². The lowest BCUT2D eigenvalue weighted by molar-refractivity contribution is 0.144. The normalized spacial score (nSPS) is 10.9. The van der Waals surface area contributed by atoms with Crippen LogP contribution in [0.2, 0.25) is 0 Å². The number of hydrogen-bond acceptors (Lipinski definition) is 1. The van der Waals surface area contributed by atoms with E-state index < -0.39 is 17.9 Å². The van der Waals surface area contributed by atoms with Crippen molar-refractivity contribution in [1.82, 2.24) is 4.98 Å². The topological polar surface area (TPSA) is 12.9 Å². The molecular weight excluding hydrogens is 270 g/mol. The lowest BCUT2D eigenvalue weighted by Crippen LogP contribution is -1.99. The molecule has 0 radical (unpaired) electrons. The van der Waals surface area contributed by atoms with E-state index in [0.717, 1.165) is 6.07 Å². The van der Waals surface area contributed by atoms with E-state index >= 15 is 0 Å². The Labute approximate surface area is 86.0 Å². The lowest BCUT2D eigenvalue weighted by atomic mass is 10.3. The molecule has 1 aromatic heterocycles. The minimum Gasteiger partial charge on any atom is -0.246 e. The van der Waals surface area contributed by atoms with Crippen molar-refractivity contribution in [3.63, 3.8) is 0 Å². The highest BCUT2D eigenvalue weighted by Crippen LogP contribution is 2.27. The summed E-state index contributed by atoms with van der Waals surface area (Å²) >= 11 is 8.08. The molecule has 0 bridgehead atoms. The van der Waals surface area contributed by atoms with Crippen LogP contribution in [0.25, 0.3) is 0 Å². The van der Waals surface area contributed by atoms with Gasteiger partial charge in [-0.25, -0.2) is 18.2 Å². The number of aromatic nitrogens is 1. The molecule has 1 rings (SSSR count). The van der Waals surface area contributed by atoms with Crippen LogP contribution in [0, 0.1) is 5.82 Å². The van der Waals surface area contributed by atoms with E-state index in [4.69, 9.17) is 11.6 Å². The average molecular weight is 274 g/mol. The minimum absolute atomic E-state index is 0.0473. The maximum Gasteiger partial charge on any atom is 0.281 e. The van der Waals surface area contributed by atoms with Crippen LogP contribution in [0.3, 0.4) is 0 Å². The fraction of sp³-hybridized carbons (Fsp3) is 0.286. The molecule has 1 nitrogen and oxygen atoms in total.